The summed E-state index contributed by atoms with van der Waals surface area (Å²) in [6, 6.07) is 9.46. The molecule has 0 saturated heterocycles. The van der Waals surface area contributed by atoms with Crippen molar-refractivity contribution < 1.29 is 0 Å². The lowest BCUT2D eigenvalue weighted by Gasteiger charge is -2.34. The fourth-order valence-corrected chi connectivity index (χ4v) is 3.60. The molecule has 1 aromatic rings. The van der Waals surface area contributed by atoms with Crippen LogP contribution in [0.2, 0.25) is 0 Å². The van der Waals surface area contributed by atoms with Crippen molar-refractivity contribution in [2.75, 3.05) is 0 Å². The lowest BCUT2D eigenvalue weighted by Crippen LogP contribution is -2.44. The SMILES string of the molecule is CCc1ccc(CC(NN)C2CCCC(CC)C2)cc1. The van der Waals surface area contributed by atoms with E-state index in [0.717, 1.165) is 24.7 Å². The van der Waals surface area contributed by atoms with Crippen LogP contribution in [0.15, 0.2) is 24.3 Å². The van der Waals surface area contributed by atoms with Gasteiger partial charge in [0.1, 0.15) is 0 Å². The molecule has 1 aromatic carbocycles. The van der Waals surface area contributed by atoms with Crippen LogP contribution >= 0.6 is 0 Å². The van der Waals surface area contributed by atoms with Gasteiger partial charge in [-0.05, 0) is 48.6 Å². The van der Waals surface area contributed by atoms with Crippen LogP contribution in [-0.4, -0.2) is 6.04 Å². The first-order valence-corrected chi connectivity index (χ1v) is 8.30. The molecule has 2 heteroatoms. The molecule has 0 spiro atoms. The topological polar surface area (TPSA) is 38.0 Å². The Balaban J connectivity index is 1.96. The molecule has 1 aliphatic carbocycles. The maximum Gasteiger partial charge on any atom is 0.0279 e. The minimum absolute atomic E-state index is 0.428. The van der Waals surface area contributed by atoms with Crippen molar-refractivity contribution in [1.82, 2.24) is 5.43 Å². The minimum Gasteiger partial charge on any atom is -0.271 e. The van der Waals surface area contributed by atoms with Gasteiger partial charge >= 0.3 is 0 Å². The zero-order valence-electron chi connectivity index (χ0n) is 13.1. The Labute approximate surface area is 124 Å². The molecule has 0 aliphatic heterocycles. The number of aryl methyl sites for hydroxylation is 1. The van der Waals surface area contributed by atoms with E-state index in [9.17, 15) is 0 Å². The van der Waals surface area contributed by atoms with Crippen LogP contribution in [0.5, 0.6) is 0 Å². The molecule has 0 aromatic heterocycles. The van der Waals surface area contributed by atoms with Gasteiger partial charge in [0.25, 0.3) is 0 Å². The number of hydrogen-bond acceptors (Lipinski definition) is 2. The monoisotopic (exact) mass is 274 g/mol. The van der Waals surface area contributed by atoms with E-state index >= 15 is 0 Å². The van der Waals surface area contributed by atoms with Gasteiger partial charge in [-0.15, -0.1) is 0 Å². The molecule has 0 heterocycles. The average molecular weight is 274 g/mol. The fraction of sp³-hybridized carbons (Fsp3) is 0.667. The highest BCUT2D eigenvalue weighted by Gasteiger charge is 2.27. The molecule has 3 N–H and O–H groups in total. The van der Waals surface area contributed by atoms with E-state index in [2.05, 4.69) is 43.5 Å². The second-order valence-electron chi connectivity index (χ2n) is 6.35. The molecule has 0 radical (unpaired) electrons. The van der Waals surface area contributed by atoms with E-state index in [1.807, 2.05) is 0 Å². The normalized spacial score (nSPS) is 24.6. The number of hydrogen-bond donors (Lipinski definition) is 2. The van der Waals surface area contributed by atoms with Gasteiger partial charge < -0.3 is 0 Å². The standard InChI is InChI=1S/C18H30N2/c1-3-14-8-10-16(11-9-14)13-18(20-19)17-7-5-6-15(4-2)12-17/h8-11,15,17-18,20H,3-7,12-13,19H2,1-2H3. The number of rotatable bonds is 6. The molecule has 1 saturated carbocycles. The van der Waals surface area contributed by atoms with E-state index in [1.54, 1.807) is 0 Å². The highest BCUT2D eigenvalue weighted by Crippen LogP contribution is 2.33. The molecule has 0 bridgehead atoms. The van der Waals surface area contributed by atoms with Crippen LogP contribution in [-0.2, 0) is 12.8 Å². The molecule has 2 rings (SSSR count). The summed E-state index contributed by atoms with van der Waals surface area (Å²) in [5.74, 6) is 7.49. The second-order valence-corrected chi connectivity index (χ2v) is 6.35. The molecule has 20 heavy (non-hydrogen) atoms. The van der Waals surface area contributed by atoms with Gasteiger partial charge in [-0.1, -0.05) is 57.4 Å². The molecular formula is C18H30N2. The Morgan fingerprint density at radius 2 is 1.85 bits per heavy atom. The maximum atomic E-state index is 5.84. The van der Waals surface area contributed by atoms with E-state index in [0.29, 0.717) is 6.04 Å². The van der Waals surface area contributed by atoms with Crippen molar-refractivity contribution in [3.8, 4) is 0 Å². The van der Waals surface area contributed by atoms with E-state index in [-0.39, 0.29) is 0 Å². The molecule has 3 atom stereocenters. The zero-order valence-corrected chi connectivity index (χ0v) is 13.1. The summed E-state index contributed by atoms with van der Waals surface area (Å²) in [5.41, 5.74) is 5.91. The number of benzene rings is 1. The third-order valence-corrected chi connectivity index (χ3v) is 5.07. The van der Waals surface area contributed by atoms with E-state index in [4.69, 9.17) is 5.84 Å². The lowest BCUT2D eigenvalue weighted by atomic mass is 9.75. The average Bonchev–Trinajstić information content (AvgIpc) is 2.53. The highest BCUT2D eigenvalue weighted by molar-refractivity contribution is 5.23. The summed E-state index contributed by atoms with van der Waals surface area (Å²) < 4.78 is 0. The first-order chi connectivity index (χ1) is 9.76. The summed E-state index contributed by atoms with van der Waals surface area (Å²) in [6.45, 7) is 4.52. The van der Waals surface area contributed by atoms with Crippen LogP contribution in [0.4, 0.5) is 0 Å². The van der Waals surface area contributed by atoms with Gasteiger partial charge in [0.2, 0.25) is 0 Å². The third-order valence-electron chi connectivity index (χ3n) is 5.07. The zero-order chi connectivity index (χ0) is 14.4. The lowest BCUT2D eigenvalue weighted by molar-refractivity contribution is 0.208. The molecular weight excluding hydrogens is 244 g/mol. The van der Waals surface area contributed by atoms with E-state index in [1.165, 1.54) is 43.2 Å². The van der Waals surface area contributed by atoms with Crippen LogP contribution in [0.25, 0.3) is 0 Å². The molecule has 112 valence electrons. The third kappa shape index (κ3) is 4.07. The molecule has 1 fully saturated rings. The van der Waals surface area contributed by atoms with Gasteiger partial charge in [0.15, 0.2) is 0 Å². The van der Waals surface area contributed by atoms with Crippen LogP contribution in [0.1, 0.15) is 57.1 Å². The first-order valence-electron chi connectivity index (χ1n) is 8.30. The number of nitrogens with one attached hydrogen (secondary N) is 1. The smallest absolute Gasteiger partial charge is 0.0279 e. The predicted molar refractivity (Wildman–Crippen MR) is 86.4 cm³/mol. The maximum absolute atomic E-state index is 5.84. The second kappa shape index (κ2) is 7.80. The van der Waals surface area contributed by atoms with Crippen molar-refractivity contribution in [3.05, 3.63) is 35.4 Å². The van der Waals surface area contributed by atoms with Crippen molar-refractivity contribution >= 4 is 0 Å². The van der Waals surface area contributed by atoms with Crippen molar-refractivity contribution in [2.45, 2.75) is 64.8 Å². The number of hydrazine groups is 1. The summed E-state index contributed by atoms with van der Waals surface area (Å²) >= 11 is 0. The van der Waals surface area contributed by atoms with Gasteiger partial charge in [-0.3, -0.25) is 11.3 Å². The minimum atomic E-state index is 0.428. The summed E-state index contributed by atoms with van der Waals surface area (Å²) in [6.07, 6.45) is 8.95. The van der Waals surface area contributed by atoms with E-state index < -0.39 is 0 Å². The summed E-state index contributed by atoms with van der Waals surface area (Å²) in [4.78, 5) is 0. The molecule has 0 amide bonds. The summed E-state index contributed by atoms with van der Waals surface area (Å²) in [5, 5.41) is 0. The predicted octanol–water partition coefficient (Wildman–Crippen LogP) is 3.84. The van der Waals surface area contributed by atoms with Crippen LogP contribution < -0.4 is 11.3 Å². The quantitative estimate of drug-likeness (QED) is 0.611. The Kier molecular flexibility index (Phi) is 6.06. The summed E-state index contributed by atoms with van der Waals surface area (Å²) in [7, 11) is 0. The molecule has 2 nitrogen and oxygen atoms in total. The molecule has 1 aliphatic rings. The Hall–Kier alpha value is -0.860. The van der Waals surface area contributed by atoms with Gasteiger partial charge in [0.05, 0.1) is 0 Å². The fourth-order valence-electron chi connectivity index (χ4n) is 3.60. The van der Waals surface area contributed by atoms with Crippen molar-refractivity contribution in [1.29, 1.82) is 0 Å². The Morgan fingerprint density at radius 3 is 2.45 bits per heavy atom. The Morgan fingerprint density at radius 1 is 1.15 bits per heavy atom. The van der Waals surface area contributed by atoms with Gasteiger partial charge in [0, 0.05) is 6.04 Å². The van der Waals surface area contributed by atoms with Gasteiger partial charge in [-0.25, -0.2) is 0 Å². The van der Waals surface area contributed by atoms with Gasteiger partial charge in [-0.2, -0.15) is 0 Å². The van der Waals surface area contributed by atoms with Crippen molar-refractivity contribution in [2.24, 2.45) is 17.7 Å². The number of nitrogens with two attached hydrogens (primary N) is 1. The highest BCUT2D eigenvalue weighted by atomic mass is 15.2. The van der Waals surface area contributed by atoms with Crippen molar-refractivity contribution in [3.63, 3.8) is 0 Å². The van der Waals surface area contributed by atoms with Crippen LogP contribution in [0, 0.1) is 11.8 Å². The first kappa shape index (κ1) is 15.5. The largest absolute Gasteiger partial charge is 0.271 e. The molecule has 3 unspecified atom stereocenters. The van der Waals surface area contributed by atoms with Crippen LogP contribution in [0.3, 0.4) is 0 Å². The Bertz CT molecular complexity index is 385.